The van der Waals surface area contributed by atoms with Crippen LogP contribution in [0.5, 0.6) is 5.75 Å². The van der Waals surface area contributed by atoms with Crippen molar-refractivity contribution in [2.75, 3.05) is 19.7 Å². The lowest BCUT2D eigenvalue weighted by atomic mass is 10.0. The van der Waals surface area contributed by atoms with Gasteiger partial charge in [-0.2, -0.15) is 0 Å². The lowest BCUT2D eigenvalue weighted by molar-refractivity contribution is -0.123. The second-order valence-corrected chi connectivity index (χ2v) is 5.34. The molecule has 1 aromatic carbocycles. The SMILES string of the molecule is CCCNC(=O)COc1ccc(C(C)NCCC)cc1C. The number of hydrogen-bond acceptors (Lipinski definition) is 3. The molecule has 1 aromatic rings. The summed E-state index contributed by atoms with van der Waals surface area (Å²) >= 11 is 0. The van der Waals surface area contributed by atoms with Crippen molar-refractivity contribution in [3.8, 4) is 5.75 Å². The Balaban J connectivity index is 2.55. The summed E-state index contributed by atoms with van der Waals surface area (Å²) in [5.74, 6) is 0.700. The summed E-state index contributed by atoms with van der Waals surface area (Å²) in [5, 5.41) is 6.26. The Morgan fingerprint density at radius 3 is 2.57 bits per heavy atom. The summed E-state index contributed by atoms with van der Waals surface area (Å²) in [4.78, 5) is 11.5. The van der Waals surface area contributed by atoms with E-state index in [0.717, 1.165) is 30.7 Å². The van der Waals surface area contributed by atoms with Crippen LogP contribution in [0.25, 0.3) is 0 Å². The zero-order chi connectivity index (χ0) is 15.7. The van der Waals surface area contributed by atoms with Gasteiger partial charge in [-0.3, -0.25) is 4.79 Å². The third kappa shape index (κ3) is 6.17. The van der Waals surface area contributed by atoms with Gasteiger partial charge in [0.15, 0.2) is 6.61 Å². The molecule has 1 rings (SSSR count). The van der Waals surface area contributed by atoms with Gasteiger partial charge in [-0.1, -0.05) is 26.0 Å². The van der Waals surface area contributed by atoms with Crippen LogP contribution < -0.4 is 15.4 Å². The van der Waals surface area contributed by atoms with Crippen molar-refractivity contribution in [3.63, 3.8) is 0 Å². The van der Waals surface area contributed by atoms with E-state index in [-0.39, 0.29) is 12.5 Å². The summed E-state index contributed by atoms with van der Waals surface area (Å²) in [5.41, 5.74) is 2.30. The molecule has 0 fully saturated rings. The van der Waals surface area contributed by atoms with Gasteiger partial charge in [0.25, 0.3) is 5.91 Å². The van der Waals surface area contributed by atoms with Crippen molar-refractivity contribution in [3.05, 3.63) is 29.3 Å². The van der Waals surface area contributed by atoms with Gasteiger partial charge in [-0.15, -0.1) is 0 Å². The molecule has 1 unspecified atom stereocenters. The van der Waals surface area contributed by atoms with Crippen molar-refractivity contribution in [1.29, 1.82) is 0 Å². The third-order valence-corrected chi connectivity index (χ3v) is 3.33. The fourth-order valence-electron chi connectivity index (χ4n) is 2.04. The van der Waals surface area contributed by atoms with E-state index in [2.05, 4.69) is 36.6 Å². The van der Waals surface area contributed by atoms with Crippen LogP contribution >= 0.6 is 0 Å². The molecule has 0 aliphatic rings. The van der Waals surface area contributed by atoms with Crippen molar-refractivity contribution in [1.82, 2.24) is 10.6 Å². The number of rotatable bonds is 9. The van der Waals surface area contributed by atoms with Crippen LogP contribution in [-0.4, -0.2) is 25.6 Å². The van der Waals surface area contributed by atoms with E-state index >= 15 is 0 Å². The molecule has 0 spiro atoms. The number of carbonyl (C=O) groups is 1. The maximum absolute atomic E-state index is 11.5. The van der Waals surface area contributed by atoms with E-state index in [1.54, 1.807) is 0 Å². The minimum absolute atomic E-state index is 0.0710. The van der Waals surface area contributed by atoms with Gasteiger partial charge in [-0.25, -0.2) is 0 Å². The van der Waals surface area contributed by atoms with Crippen molar-refractivity contribution in [2.24, 2.45) is 0 Å². The first-order valence-electron chi connectivity index (χ1n) is 7.81. The van der Waals surface area contributed by atoms with Crippen molar-refractivity contribution >= 4 is 5.91 Å². The fraction of sp³-hybridized carbons (Fsp3) is 0.588. The number of amides is 1. The van der Waals surface area contributed by atoms with E-state index in [4.69, 9.17) is 4.74 Å². The van der Waals surface area contributed by atoms with Crippen molar-refractivity contribution < 1.29 is 9.53 Å². The van der Waals surface area contributed by atoms with Gasteiger partial charge >= 0.3 is 0 Å². The summed E-state index contributed by atoms with van der Waals surface area (Å²) in [6, 6.07) is 6.44. The third-order valence-electron chi connectivity index (χ3n) is 3.33. The fourth-order valence-corrected chi connectivity index (χ4v) is 2.04. The molecule has 0 saturated carbocycles. The molecule has 0 aliphatic carbocycles. The van der Waals surface area contributed by atoms with E-state index in [9.17, 15) is 4.79 Å². The lowest BCUT2D eigenvalue weighted by Crippen LogP contribution is -2.29. The molecule has 4 nitrogen and oxygen atoms in total. The molecule has 2 N–H and O–H groups in total. The Morgan fingerprint density at radius 1 is 1.24 bits per heavy atom. The number of hydrogen-bond donors (Lipinski definition) is 2. The Morgan fingerprint density at radius 2 is 1.95 bits per heavy atom. The molecular weight excluding hydrogens is 264 g/mol. The number of carbonyl (C=O) groups excluding carboxylic acids is 1. The molecule has 1 amide bonds. The average molecular weight is 292 g/mol. The Bertz CT molecular complexity index is 446. The Labute approximate surface area is 128 Å². The molecule has 0 heterocycles. The minimum atomic E-state index is -0.0710. The monoisotopic (exact) mass is 292 g/mol. The molecule has 0 aromatic heterocycles. The number of benzene rings is 1. The minimum Gasteiger partial charge on any atom is -0.484 e. The second-order valence-electron chi connectivity index (χ2n) is 5.34. The normalized spacial score (nSPS) is 12.0. The van der Waals surface area contributed by atoms with E-state index in [1.807, 2.05) is 19.9 Å². The highest BCUT2D eigenvalue weighted by atomic mass is 16.5. The molecule has 0 aliphatic heterocycles. The molecular formula is C17H28N2O2. The maximum atomic E-state index is 11.5. The second kappa shape index (κ2) is 9.40. The zero-order valence-corrected chi connectivity index (χ0v) is 13.7. The molecule has 0 radical (unpaired) electrons. The zero-order valence-electron chi connectivity index (χ0n) is 13.7. The van der Waals surface area contributed by atoms with Crippen LogP contribution in [0.4, 0.5) is 0 Å². The Hall–Kier alpha value is -1.55. The number of ether oxygens (including phenoxy) is 1. The van der Waals surface area contributed by atoms with Crippen LogP contribution in [0.3, 0.4) is 0 Å². The summed E-state index contributed by atoms with van der Waals surface area (Å²) in [6.45, 7) is 10.1. The standard InChI is InChI=1S/C17H28N2O2/c1-5-9-18-14(4)15-7-8-16(13(3)11-15)21-12-17(20)19-10-6-2/h7-8,11,14,18H,5-6,9-10,12H2,1-4H3,(H,19,20). The van der Waals surface area contributed by atoms with E-state index in [1.165, 1.54) is 5.56 Å². The summed E-state index contributed by atoms with van der Waals surface area (Å²) < 4.78 is 5.58. The molecule has 21 heavy (non-hydrogen) atoms. The maximum Gasteiger partial charge on any atom is 0.257 e. The van der Waals surface area contributed by atoms with Crippen LogP contribution in [0.1, 0.15) is 50.8 Å². The van der Waals surface area contributed by atoms with Gasteiger partial charge in [0.05, 0.1) is 0 Å². The van der Waals surface area contributed by atoms with Gasteiger partial charge in [0.2, 0.25) is 0 Å². The van der Waals surface area contributed by atoms with E-state index in [0.29, 0.717) is 12.6 Å². The van der Waals surface area contributed by atoms with Gasteiger partial charge < -0.3 is 15.4 Å². The predicted molar refractivity (Wildman–Crippen MR) is 86.7 cm³/mol. The topological polar surface area (TPSA) is 50.4 Å². The summed E-state index contributed by atoms with van der Waals surface area (Å²) in [6.07, 6.45) is 2.06. The van der Waals surface area contributed by atoms with Gasteiger partial charge in [-0.05, 0) is 50.4 Å². The smallest absolute Gasteiger partial charge is 0.257 e. The summed E-state index contributed by atoms with van der Waals surface area (Å²) in [7, 11) is 0. The van der Waals surface area contributed by atoms with Crippen molar-refractivity contribution in [2.45, 2.75) is 46.6 Å². The first-order valence-corrected chi connectivity index (χ1v) is 7.81. The van der Waals surface area contributed by atoms with Crippen LogP contribution in [0.2, 0.25) is 0 Å². The lowest BCUT2D eigenvalue weighted by Gasteiger charge is -2.16. The Kier molecular flexibility index (Phi) is 7.83. The van der Waals surface area contributed by atoms with Crippen LogP contribution in [0, 0.1) is 6.92 Å². The van der Waals surface area contributed by atoms with Crippen LogP contribution in [-0.2, 0) is 4.79 Å². The van der Waals surface area contributed by atoms with E-state index < -0.39 is 0 Å². The molecule has 0 bridgehead atoms. The first kappa shape index (κ1) is 17.5. The van der Waals surface area contributed by atoms with Crippen LogP contribution in [0.15, 0.2) is 18.2 Å². The predicted octanol–water partition coefficient (Wildman–Crippen LogP) is 2.96. The molecule has 4 heteroatoms. The number of nitrogens with one attached hydrogen (secondary N) is 2. The first-order chi connectivity index (χ1) is 10.1. The largest absolute Gasteiger partial charge is 0.484 e. The molecule has 1 atom stereocenters. The highest BCUT2D eigenvalue weighted by molar-refractivity contribution is 5.77. The molecule has 118 valence electrons. The average Bonchev–Trinajstić information content (AvgIpc) is 2.49. The van der Waals surface area contributed by atoms with Gasteiger partial charge in [0.1, 0.15) is 5.75 Å². The highest BCUT2D eigenvalue weighted by Crippen LogP contribution is 2.22. The number of aryl methyl sites for hydroxylation is 1. The molecule has 0 saturated heterocycles. The highest BCUT2D eigenvalue weighted by Gasteiger charge is 2.08. The van der Waals surface area contributed by atoms with Gasteiger partial charge in [0, 0.05) is 12.6 Å². The quantitative estimate of drug-likeness (QED) is 0.735.